The fraction of sp³-hybridized carbons (Fsp3) is 0.400. The van der Waals surface area contributed by atoms with E-state index in [1.165, 1.54) is 21.0 Å². The molecule has 1 rings (SSSR count). The molecule has 0 aliphatic heterocycles. The Bertz CT molecular complexity index is 383. The van der Waals surface area contributed by atoms with Gasteiger partial charge in [0, 0.05) is 6.07 Å². The second-order valence-corrected chi connectivity index (χ2v) is 3.66. The Morgan fingerprint density at radius 2 is 1.80 bits per heavy atom. The highest BCUT2D eigenvalue weighted by atomic mass is 19.1. The summed E-state index contributed by atoms with van der Waals surface area (Å²) in [6.07, 6.45) is 0. The molecule has 3 nitrogen and oxygen atoms in total. The molecule has 0 saturated heterocycles. The van der Waals surface area contributed by atoms with Crippen LogP contribution in [-0.4, -0.2) is 17.3 Å². The first-order valence-electron chi connectivity index (χ1n) is 4.26. The predicted molar refractivity (Wildman–Crippen MR) is 49.8 cm³/mol. The van der Waals surface area contributed by atoms with Gasteiger partial charge in [-0.3, -0.25) is 0 Å². The van der Waals surface area contributed by atoms with E-state index in [-0.39, 0.29) is 11.3 Å². The summed E-state index contributed by atoms with van der Waals surface area (Å²) < 4.78 is 30.9. The third-order valence-corrected chi connectivity index (χ3v) is 1.98. The van der Waals surface area contributed by atoms with Crippen LogP contribution in [0.2, 0.25) is 0 Å². The van der Waals surface area contributed by atoms with Gasteiger partial charge in [-0.2, -0.15) is 0 Å². The zero-order chi connectivity index (χ0) is 11.8. The highest BCUT2D eigenvalue weighted by Crippen LogP contribution is 2.40. The van der Waals surface area contributed by atoms with Gasteiger partial charge in [-0.05, 0) is 13.8 Å². The average molecular weight is 218 g/mol. The number of phenols is 1. The molecule has 0 bridgehead atoms. The Labute approximate surface area is 85.9 Å². The fourth-order valence-corrected chi connectivity index (χ4v) is 1.36. The molecular formula is C10H12F2O3. The van der Waals surface area contributed by atoms with E-state index in [2.05, 4.69) is 4.74 Å². The lowest BCUT2D eigenvalue weighted by Crippen LogP contribution is -2.18. The summed E-state index contributed by atoms with van der Waals surface area (Å²) in [5.74, 6) is -3.27. The van der Waals surface area contributed by atoms with Crippen molar-refractivity contribution < 1.29 is 23.7 Å². The van der Waals surface area contributed by atoms with Gasteiger partial charge in [0.25, 0.3) is 0 Å². The molecule has 84 valence electrons. The Morgan fingerprint density at radius 3 is 2.20 bits per heavy atom. The molecule has 1 aromatic carbocycles. The van der Waals surface area contributed by atoms with E-state index < -0.39 is 23.0 Å². The van der Waals surface area contributed by atoms with E-state index in [0.717, 1.165) is 0 Å². The van der Waals surface area contributed by atoms with Crippen molar-refractivity contribution in [2.45, 2.75) is 19.4 Å². The third kappa shape index (κ3) is 2.02. The lowest BCUT2D eigenvalue weighted by molar-refractivity contribution is 0.0712. The minimum atomic E-state index is -1.60. The molecule has 0 heterocycles. The van der Waals surface area contributed by atoms with Gasteiger partial charge in [-0.15, -0.1) is 0 Å². The van der Waals surface area contributed by atoms with Crippen LogP contribution in [0.5, 0.6) is 11.5 Å². The lowest BCUT2D eigenvalue weighted by Gasteiger charge is -2.22. The van der Waals surface area contributed by atoms with Gasteiger partial charge in [0.05, 0.1) is 18.3 Å². The molecule has 0 amide bonds. The molecule has 0 fully saturated rings. The van der Waals surface area contributed by atoms with Crippen molar-refractivity contribution >= 4 is 0 Å². The van der Waals surface area contributed by atoms with Gasteiger partial charge in [-0.25, -0.2) is 8.78 Å². The van der Waals surface area contributed by atoms with Crippen molar-refractivity contribution in [3.8, 4) is 11.5 Å². The second-order valence-electron chi connectivity index (χ2n) is 3.66. The third-order valence-electron chi connectivity index (χ3n) is 1.98. The number of aromatic hydroxyl groups is 1. The fourth-order valence-electron chi connectivity index (χ4n) is 1.36. The summed E-state index contributed by atoms with van der Waals surface area (Å²) >= 11 is 0. The first-order chi connectivity index (χ1) is 6.79. The molecule has 2 N–H and O–H groups in total. The molecule has 0 aliphatic carbocycles. The number of benzene rings is 1. The number of methoxy groups -OCH3 is 1. The van der Waals surface area contributed by atoms with Crippen LogP contribution < -0.4 is 4.74 Å². The van der Waals surface area contributed by atoms with Crippen molar-refractivity contribution in [2.75, 3.05) is 7.11 Å². The maximum absolute atomic E-state index is 13.2. The van der Waals surface area contributed by atoms with Crippen LogP contribution in [0.1, 0.15) is 19.4 Å². The number of aliphatic hydroxyl groups is 1. The Kier molecular flexibility index (Phi) is 2.86. The number of rotatable bonds is 2. The van der Waals surface area contributed by atoms with Crippen molar-refractivity contribution in [3.63, 3.8) is 0 Å². The SMILES string of the molecule is COc1c(F)cc(F)c(O)c1C(C)(C)O. The smallest absolute Gasteiger partial charge is 0.168 e. The number of phenolic OH excluding ortho intramolecular Hbond substituents is 1. The minimum Gasteiger partial charge on any atom is -0.504 e. The molecule has 0 atom stereocenters. The lowest BCUT2D eigenvalue weighted by atomic mass is 9.95. The van der Waals surface area contributed by atoms with Crippen LogP contribution in [-0.2, 0) is 5.60 Å². The molecule has 0 spiro atoms. The minimum absolute atomic E-state index is 0.303. The zero-order valence-electron chi connectivity index (χ0n) is 8.64. The molecule has 5 heteroatoms. The van der Waals surface area contributed by atoms with Crippen molar-refractivity contribution in [3.05, 3.63) is 23.3 Å². The number of ether oxygens (including phenoxy) is 1. The Hall–Kier alpha value is -1.36. The van der Waals surface area contributed by atoms with Crippen molar-refractivity contribution in [1.29, 1.82) is 0 Å². The number of hydrogen-bond donors (Lipinski definition) is 2. The topological polar surface area (TPSA) is 49.7 Å². The average Bonchev–Trinajstić information content (AvgIpc) is 2.08. The Morgan fingerprint density at radius 1 is 1.27 bits per heavy atom. The Balaban J connectivity index is 3.59. The summed E-state index contributed by atoms with van der Waals surface area (Å²) in [5.41, 5.74) is -1.90. The highest BCUT2D eigenvalue weighted by molar-refractivity contribution is 5.49. The summed E-state index contributed by atoms with van der Waals surface area (Å²) in [6, 6.07) is 0.503. The van der Waals surface area contributed by atoms with Crippen LogP contribution in [0, 0.1) is 11.6 Å². The monoisotopic (exact) mass is 218 g/mol. The zero-order valence-corrected chi connectivity index (χ0v) is 8.64. The van der Waals surface area contributed by atoms with Gasteiger partial charge >= 0.3 is 0 Å². The van der Waals surface area contributed by atoms with E-state index >= 15 is 0 Å². The van der Waals surface area contributed by atoms with Gasteiger partial charge in [0.15, 0.2) is 23.1 Å². The van der Waals surface area contributed by atoms with Crippen molar-refractivity contribution in [2.24, 2.45) is 0 Å². The molecule has 0 saturated carbocycles. The first kappa shape index (κ1) is 11.7. The van der Waals surface area contributed by atoms with Gasteiger partial charge in [0.2, 0.25) is 0 Å². The number of hydrogen-bond acceptors (Lipinski definition) is 3. The molecule has 0 aliphatic rings. The van der Waals surface area contributed by atoms with Crippen LogP contribution >= 0.6 is 0 Å². The van der Waals surface area contributed by atoms with Crippen LogP contribution in [0.3, 0.4) is 0 Å². The highest BCUT2D eigenvalue weighted by Gasteiger charge is 2.29. The molecule has 15 heavy (non-hydrogen) atoms. The quantitative estimate of drug-likeness (QED) is 0.797. The number of halogens is 2. The molecule has 0 radical (unpaired) electrons. The van der Waals surface area contributed by atoms with Gasteiger partial charge < -0.3 is 14.9 Å². The van der Waals surface area contributed by atoms with E-state index in [0.29, 0.717) is 6.07 Å². The van der Waals surface area contributed by atoms with Crippen molar-refractivity contribution in [1.82, 2.24) is 0 Å². The van der Waals surface area contributed by atoms with E-state index in [9.17, 15) is 19.0 Å². The second kappa shape index (κ2) is 3.66. The largest absolute Gasteiger partial charge is 0.504 e. The maximum Gasteiger partial charge on any atom is 0.168 e. The maximum atomic E-state index is 13.2. The van der Waals surface area contributed by atoms with E-state index in [1.54, 1.807) is 0 Å². The van der Waals surface area contributed by atoms with Crippen LogP contribution in [0.15, 0.2) is 6.07 Å². The molecule has 1 aromatic rings. The first-order valence-corrected chi connectivity index (χ1v) is 4.26. The van der Waals surface area contributed by atoms with Crippen LogP contribution in [0.25, 0.3) is 0 Å². The molecule has 0 aromatic heterocycles. The summed E-state index contributed by atoms with van der Waals surface area (Å²) in [4.78, 5) is 0. The predicted octanol–water partition coefficient (Wildman–Crippen LogP) is 1.91. The molecular weight excluding hydrogens is 206 g/mol. The van der Waals surface area contributed by atoms with Crippen LogP contribution in [0.4, 0.5) is 8.78 Å². The standard InChI is InChI=1S/C10H12F2O3/c1-10(2,14)7-8(13)5(11)4-6(12)9(7)15-3/h4,13-14H,1-3H3. The van der Waals surface area contributed by atoms with Gasteiger partial charge in [-0.1, -0.05) is 0 Å². The summed E-state index contributed by atoms with van der Waals surface area (Å²) in [6.45, 7) is 2.59. The van der Waals surface area contributed by atoms with Gasteiger partial charge in [0.1, 0.15) is 0 Å². The summed E-state index contributed by atoms with van der Waals surface area (Å²) in [7, 11) is 1.17. The van der Waals surface area contributed by atoms with E-state index in [4.69, 9.17) is 0 Å². The van der Waals surface area contributed by atoms with E-state index in [1.807, 2.05) is 0 Å². The molecule has 0 unspecified atom stereocenters. The normalized spacial score (nSPS) is 11.6. The summed E-state index contributed by atoms with van der Waals surface area (Å²) in [5, 5.41) is 19.0.